The van der Waals surface area contributed by atoms with Gasteiger partial charge in [-0.05, 0) is 12.2 Å². The van der Waals surface area contributed by atoms with Gasteiger partial charge in [-0.15, -0.1) is 11.8 Å². The molecule has 0 aromatic rings. The minimum atomic E-state index is -1.03. The van der Waals surface area contributed by atoms with E-state index in [1.165, 1.54) is 16.7 Å². The maximum absolute atomic E-state index is 12.0. The first-order valence-electron chi connectivity index (χ1n) is 5.11. The van der Waals surface area contributed by atoms with Gasteiger partial charge in [-0.3, -0.25) is 4.79 Å². The minimum Gasteiger partial charge on any atom is -0.480 e. The van der Waals surface area contributed by atoms with Crippen LogP contribution in [0.4, 0.5) is 0 Å². The molecule has 3 atom stereocenters. The second-order valence-electron chi connectivity index (χ2n) is 3.86. The van der Waals surface area contributed by atoms with Crippen LogP contribution in [0.1, 0.15) is 6.42 Å². The van der Waals surface area contributed by atoms with Crippen molar-refractivity contribution in [2.75, 3.05) is 19.0 Å². The van der Waals surface area contributed by atoms with Crippen molar-refractivity contribution >= 4 is 23.6 Å². The summed E-state index contributed by atoms with van der Waals surface area (Å²) in [7, 11) is 0. The summed E-state index contributed by atoms with van der Waals surface area (Å²) in [5.74, 6) is -0.553. The number of nitrogens with zero attached hydrogens (tertiary/aromatic N) is 1. The summed E-state index contributed by atoms with van der Waals surface area (Å²) in [5.41, 5.74) is 5.71. The Bertz CT molecular complexity index is 312. The summed E-state index contributed by atoms with van der Waals surface area (Å²) >= 11 is 1.53. The van der Waals surface area contributed by atoms with Crippen LogP contribution in [0.2, 0.25) is 0 Å². The van der Waals surface area contributed by atoms with Crippen LogP contribution in [0, 0.1) is 0 Å². The SMILES string of the molecule is N[C@H]1CCS[C@H]2COC[C@@H](C(=O)O)N2C1=O. The molecule has 90 valence electrons. The molecular weight excluding hydrogens is 232 g/mol. The van der Waals surface area contributed by atoms with Crippen molar-refractivity contribution in [2.24, 2.45) is 5.73 Å². The molecule has 2 saturated heterocycles. The average Bonchev–Trinajstić information content (AvgIpc) is 2.40. The molecule has 0 bridgehead atoms. The Hall–Kier alpha value is -0.790. The lowest BCUT2D eigenvalue weighted by molar-refractivity contribution is -0.160. The first kappa shape index (κ1) is 11.7. The lowest BCUT2D eigenvalue weighted by Gasteiger charge is -2.38. The van der Waals surface area contributed by atoms with E-state index in [4.69, 9.17) is 15.6 Å². The Morgan fingerprint density at radius 2 is 2.31 bits per heavy atom. The lowest BCUT2D eigenvalue weighted by atomic mass is 10.1. The summed E-state index contributed by atoms with van der Waals surface area (Å²) in [4.78, 5) is 24.4. The van der Waals surface area contributed by atoms with E-state index in [9.17, 15) is 9.59 Å². The highest BCUT2D eigenvalue weighted by Gasteiger charge is 2.42. The van der Waals surface area contributed by atoms with Crippen molar-refractivity contribution in [3.05, 3.63) is 0 Å². The highest BCUT2D eigenvalue weighted by molar-refractivity contribution is 7.99. The molecule has 3 N–H and O–H groups in total. The number of ether oxygens (including phenoxy) is 1. The number of rotatable bonds is 1. The summed E-state index contributed by atoms with van der Waals surface area (Å²) in [5, 5.41) is 8.84. The van der Waals surface area contributed by atoms with Crippen molar-refractivity contribution < 1.29 is 19.4 Å². The van der Waals surface area contributed by atoms with Gasteiger partial charge >= 0.3 is 5.97 Å². The van der Waals surface area contributed by atoms with E-state index in [1.54, 1.807) is 0 Å². The number of carbonyl (C=O) groups is 2. The molecular formula is C9H14N2O4S. The molecule has 0 aromatic carbocycles. The molecule has 2 aliphatic heterocycles. The Morgan fingerprint density at radius 3 is 3.00 bits per heavy atom. The van der Waals surface area contributed by atoms with Crippen molar-refractivity contribution in [2.45, 2.75) is 23.9 Å². The second-order valence-corrected chi connectivity index (χ2v) is 5.14. The fourth-order valence-corrected chi connectivity index (χ4v) is 3.17. The van der Waals surface area contributed by atoms with Crippen molar-refractivity contribution in [1.29, 1.82) is 0 Å². The summed E-state index contributed by atoms with van der Waals surface area (Å²) in [6.07, 6.45) is 0.586. The first-order valence-corrected chi connectivity index (χ1v) is 6.16. The monoisotopic (exact) mass is 246 g/mol. The number of hydrogen-bond acceptors (Lipinski definition) is 5. The minimum absolute atomic E-state index is 0.0465. The van der Waals surface area contributed by atoms with Gasteiger partial charge in [0.2, 0.25) is 5.91 Å². The van der Waals surface area contributed by atoms with Crippen molar-refractivity contribution in [3.8, 4) is 0 Å². The summed E-state index contributed by atoms with van der Waals surface area (Å²) in [6, 6.07) is -1.49. The molecule has 2 rings (SSSR count). The molecule has 7 heteroatoms. The molecule has 2 heterocycles. The maximum atomic E-state index is 12.0. The number of nitrogens with two attached hydrogens (primary N) is 1. The lowest BCUT2D eigenvalue weighted by Crippen LogP contribution is -2.59. The molecule has 0 saturated carbocycles. The van der Waals surface area contributed by atoms with E-state index in [0.29, 0.717) is 13.0 Å². The van der Waals surface area contributed by atoms with Gasteiger partial charge in [0.25, 0.3) is 0 Å². The number of thioether (sulfide) groups is 1. The number of carbonyl (C=O) groups excluding carboxylic acids is 1. The largest absolute Gasteiger partial charge is 0.480 e. The molecule has 0 spiro atoms. The number of amides is 1. The van der Waals surface area contributed by atoms with Crippen molar-refractivity contribution in [1.82, 2.24) is 4.90 Å². The zero-order valence-electron chi connectivity index (χ0n) is 8.67. The Labute approximate surface area is 97.1 Å². The zero-order chi connectivity index (χ0) is 11.7. The van der Waals surface area contributed by atoms with E-state index in [2.05, 4.69) is 0 Å². The standard InChI is InChI=1S/C9H14N2O4S/c10-5-1-2-16-7-4-15-3-6(9(13)14)11(7)8(5)12/h5-7H,1-4,10H2,(H,13,14)/t5-,6-,7-/m0/s1. The number of carboxylic acids is 1. The third kappa shape index (κ3) is 2.02. The number of carboxylic acid groups (broad SMARTS) is 1. The zero-order valence-corrected chi connectivity index (χ0v) is 9.48. The van der Waals surface area contributed by atoms with Crippen LogP contribution < -0.4 is 5.73 Å². The molecule has 0 aromatic heterocycles. The maximum Gasteiger partial charge on any atom is 0.328 e. The Morgan fingerprint density at radius 1 is 1.56 bits per heavy atom. The predicted octanol–water partition coefficient (Wildman–Crippen LogP) is -0.911. The van der Waals surface area contributed by atoms with Gasteiger partial charge in [0.15, 0.2) is 6.04 Å². The van der Waals surface area contributed by atoms with Crippen LogP contribution in [0.5, 0.6) is 0 Å². The number of fused-ring (bicyclic) bond motifs is 1. The Balaban J connectivity index is 2.25. The van der Waals surface area contributed by atoms with Gasteiger partial charge in [-0.25, -0.2) is 4.79 Å². The fourth-order valence-electron chi connectivity index (χ4n) is 1.90. The Kier molecular flexibility index (Phi) is 3.36. The van der Waals surface area contributed by atoms with Gasteiger partial charge in [0.05, 0.1) is 19.3 Å². The smallest absolute Gasteiger partial charge is 0.328 e. The van der Waals surface area contributed by atoms with E-state index < -0.39 is 18.1 Å². The first-order chi connectivity index (χ1) is 7.61. The predicted molar refractivity (Wildman–Crippen MR) is 57.9 cm³/mol. The van der Waals surface area contributed by atoms with Gasteiger partial charge < -0.3 is 20.5 Å². The van der Waals surface area contributed by atoms with Crippen LogP contribution >= 0.6 is 11.8 Å². The number of morpholine rings is 1. The van der Waals surface area contributed by atoms with Crippen LogP contribution in [-0.2, 0) is 14.3 Å². The molecule has 1 amide bonds. The van der Waals surface area contributed by atoms with Gasteiger partial charge in [0.1, 0.15) is 5.37 Å². The summed E-state index contributed by atoms with van der Waals surface area (Å²) < 4.78 is 5.22. The highest BCUT2D eigenvalue weighted by atomic mass is 32.2. The van der Waals surface area contributed by atoms with Gasteiger partial charge in [-0.2, -0.15) is 0 Å². The molecule has 2 aliphatic rings. The summed E-state index contributed by atoms with van der Waals surface area (Å²) in [6.45, 7) is 0.428. The highest BCUT2D eigenvalue weighted by Crippen LogP contribution is 2.28. The number of aliphatic carboxylic acids is 1. The quantitative estimate of drug-likeness (QED) is 0.622. The van der Waals surface area contributed by atoms with E-state index in [-0.39, 0.29) is 17.9 Å². The molecule has 2 fully saturated rings. The molecule has 0 unspecified atom stereocenters. The third-order valence-electron chi connectivity index (χ3n) is 2.78. The molecule has 6 nitrogen and oxygen atoms in total. The second kappa shape index (κ2) is 4.60. The van der Waals surface area contributed by atoms with E-state index in [0.717, 1.165) is 5.75 Å². The topological polar surface area (TPSA) is 92.9 Å². The van der Waals surface area contributed by atoms with Crippen LogP contribution in [0.3, 0.4) is 0 Å². The molecule has 0 aliphatic carbocycles. The van der Waals surface area contributed by atoms with E-state index in [1.807, 2.05) is 0 Å². The molecule has 16 heavy (non-hydrogen) atoms. The van der Waals surface area contributed by atoms with Crippen LogP contribution in [-0.4, -0.2) is 58.3 Å². The normalized spacial score (nSPS) is 35.4. The van der Waals surface area contributed by atoms with Crippen LogP contribution in [0.25, 0.3) is 0 Å². The fraction of sp³-hybridized carbons (Fsp3) is 0.778. The van der Waals surface area contributed by atoms with Gasteiger partial charge in [-0.1, -0.05) is 0 Å². The van der Waals surface area contributed by atoms with Crippen molar-refractivity contribution in [3.63, 3.8) is 0 Å². The average molecular weight is 246 g/mol. The van der Waals surface area contributed by atoms with Gasteiger partial charge in [0, 0.05) is 0 Å². The van der Waals surface area contributed by atoms with E-state index >= 15 is 0 Å². The third-order valence-corrected chi connectivity index (χ3v) is 4.00. The van der Waals surface area contributed by atoms with Crippen LogP contribution in [0.15, 0.2) is 0 Å². The number of hydrogen-bond donors (Lipinski definition) is 2. The molecule has 0 radical (unpaired) electrons.